The molecule has 0 saturated carbocycles. The Hall–Kier alpha value is -2.07. The standard InChI is InChI=1S/C13H9N/c1-2-10-8-11(9-14)13-7-5-3-4-6-12(10)13/h2-8H,1H2. The fraction of sp³-hybridized carbons (Fsp3) is 0. The molecule has 14 heavy (non-hydrogen) atoms. The van der Waals surface area contributed by atoms with Gasteiger partial charge in [0.25, 0.3) is 0 Å². The van der Waals surface area contributed by atoms with Gasteiger partial charge in [0.2, 0.25) is 0 Å². The maximum absolute atomic E-state index is 8.94. The van der Waals surface area contributed by atoms with Gasteiger partial charge in [-0.15, -0.1) is 0 Å². The van der Waals surface area contributed by atoms with Crippen LogP contribution in [-0.4, -0.2) is 0 Å². The summed E-state index contributed by atoms with van der Waals surface area (Å²) in [5.41, 5.74) is 3.81. The number of nitriles is 1. The summed E-state index contributed by atoms with van der Waals surface area (Å²) < 4.78 is 0. The molecule has 0 heterocycles. The maximum atomic E-state index is 8.94. The van der Waals surface area contributed by atoms with Crippen molar-refractivity contribution in [3.8, 4) is 17.2 Å². The van der Waals surface area contributed by atoms with Crippen LogP contribution < -0.4 is 0 Å². The van der Waals surface area contributed by atoms with Crippen LogP contribution in [0.3, 0.4) is 0 Å². The van der Waals surface area contributed by atoms with Crippen molar-refractivity contribution in [3.63, 3.8) is 0 Å². The number of fused-ring (bicyclic) bond motifs is 1. The molecule has 0 unspecified atom stereocenters. The lowest BCUT2D eigenvalue weighted by Gasteiger charge is -1.93. The third-order valence-electron chi connectivity index (χ3n) is 2.28. The lowest BCUT2D eigenvalue weighted by atomic mass is 10.1. The zero-order chi connectivity index (χ0) is 9.97. The molecule has 2 rings (SSSR count). The van der Waals surface area contributed by atoms with Crippen molar-refractivity contribution in [3.05, 3.63) is 54.1 Å². The third-order valence-corrected chi connectivity index (χ3v) is 2.28. The Morgan fingerprint density at radius 1 is 1.14 bits per heavy atom. The molecule has 0 aromatic rings. The van der Waals surface area contributed by atoms with Gasteiger partial charge in [-0.1, -0.05) is 43.0 Å². The molecule has 66 valence electrons. The summed E-state index contributed by atoms with van der Waals surface area (Å²) in [4.78, 5) is 0. The second-order valence-electron chi connectivity index (χ2n) is 3.07. The van der Waals surface area contributed by atoms with E-state index in [9.17, 15) is 0 Å². The molecular weight excluding hydrogens is 170 g/mol. The van der Waals surface area contributed by atoms with Crippen molar-refractivity contribution in [2.24, 2.45) is 0 Å². The Bertz CT molecular complexity index is 491. The van der Waals surface area contributed by atoms with Crippen LogP contribution in [0.15, 0.2) is 43.0 Å². The molecule has 0 aliphatic heterocycles. The van der Waals surface area contributed by atoms with E-state index >= 15 is 0 Å². The Morgan fingerprint density at radius 2 is 1.86 bits per heavy atom. The van der Waals surface area contributed by atoms with Crippen molar-refractivity contribution in [1.82, 2.24) is 0 Å². The zero-order valence-electron chi connectivity index (χ0n) is 7.70. The van der Waals surface area contributed by atoms with Crippen LogP contribution in [0.5, 0.6) is 0 Å². The van der Waals surface area contributed by atoms with Gasteiger partial charge in [0.05, 0.1) is 11.6 Å². The molecule has 0 radical (unpaired) electrons. The molecule has 1 nitrogen and oxygen atoms in total. The van der Waals surface area contributed by atoms with Crippen LogP contribution in [0.2, 0.25) is 0 Å². The summed E-state index contributed by atoms with van der Waals surface area (Å²) in [7, 11) is 0. The molecule has 0 aromatic carbocycles. The highest BCUT2D eigenvalue weighted by Crippen LogP contribution is 2.31. The average molecular weight is 179 g/mol. The van der Waals surface area contributed by atoms with Gasteiger partial charge >= 0.3 is 0 Å². The second-order valence-corrected chi connectivity index (χ2v) is 3.07. The highest BCUT2D eigenvalue weighted by Gasteiger charge is 2.11. The molecule has 0 fully saturated rings. The Balaban J connectivity index is 2.81. The van der Waals surface area contributed by atoms with Gasteiger partial charge in [0.1, 0.15) is 0 Å². The minimum Gasteiger partial charge on any atom is -0.192 e. The first-order valence-electron chi connectivity index (χ1n) is 4.41. The summed E-state index contributed by atoms with van der Waals surface area (Å²) in [6, 6.07) is 13.9. The Labute approximate surface area is 83.3 Å². The summed E-state index contributed by atoms with van der Waals surface area (Å²) >= 11 is 0. The SMILES string of the molecule is C=Cc1cc(C#N)c2cccccc1-2. The van der Waals surface area contributed by atoms with Crippen LogP contribution in [0.4, 0.5) is 0 Å². The minimum absolute atomic E-state index is 0.714. The summed E-state index contributed by atoms with van der Waals surface area (Å²) in [6.45, 7) is 3.74. The maximum Gasteiger partial charge on any atom is 0.0998 e. The molecule has 0 bridgehead atoms. The fourth-order valence-corrected chi connectivity index (χ4v) is 1.61. The van der Waals surface area contributed by atoms with E-state index in [0.717, 1.165) is 16.7 Å². The van der Waals surface area contributed by atoms with Gasteiger partial charge in [0, 0.05) is 5.56 Å². The molecule has 2 aliphatic carbocycles. The van der Waals surface area contributed by atoms with Crippen LogP contribution >= 0.6 is 0 Å². The summed E-state index contributed by atoms with van der Waals surface area (Å²) in [5, 5.41) is 8.94. The number of rotatable bonds is 1. The minimum atomic E-state index is 0.714. The average Bonchev–Trinajstić information content (AvgIpc) is 2.39. The van der Waals surface area contributed by atoms with Crippen molar-refractivity contribution in [1.29, 1.82) is 5.26 Å². The number of hydrogen-bond acceptors (Lipinski definition) is 1. The zero-order valence-corrected chi connectivity index (χ0v) is 7.70. The fourth-order valence-electron chi connectivity index (χ4n) is 1.61. The van der Waals surface area contributed by atoms with E-state index in [1.165, 1.54) is 0 Å². The largest absolute Gasteiger partial charge is 0.192 e. The first-order valence-corrected chi connectivity index (χ1v) is 4.41. The van der Waals surface area contributed by atoms with Crippen LogP contribution in [0.25, 0.3) is 17.2 Å². The lowest BCUT2D eigenvalue weighted by Crippen LogP contribution is -1.71. The first kappa shape index (κ1) is 8.52. The van der Waals surface area contributed by atoms with Crippen LogP contribution in [0, 0.1) is 11.3 Å². The Kier molecular flexibility index (Phi) is 2.04. The van der Waals surface area contributed by atoms with Crippen molar-refractivity contribution in [2.75, 3.05) is 0 Å². The van der Waals surface area contributed by atoms with Crippen LogP contribution in [0.1, 0.15) is 11.1 Å². The molecule has 1 heteroatoms. The Morgan fingerprint density at radius 3 is 2.50 bits per heavy atom. The molecule has 0 spiro atoms. The highest BCUT2D eigenvalue weighted by molar-refractivity contribution is 5.83. The summed E-state index contributed by atoms with van der Waals surface area (Å²) in [5.74, 6) is 0. The number of hydrogen-bond donors (Lipinski definition) is 0. The molecule has 0 saturated heterocycles. The van der Waals surface area contributed by atoms with Crippen molar-refractivity contribution >= 4 is 6.08 Å². The van der Waals surface area contributed by atoms with E-state index < -0.39 is 0 Å². The van der Waals surface area contributed by atoms with Gasteiger partial charge < -0.3 is 0 Å². The molecule has 0 N–H and O–H groups in total. The van der Waals surface area contributed by atoms with E-state index in [2.05, 4.69) is 12.6 Å². The molecule has 0 aromatic heterocycles. The quantitative estimate of drug-likeness (QED) is 0.658. The molecular formula is C13H9N. The van der Waals surface area contributed by atoms with Crippen LogP contribution in [-0.2, 0) is 0 Å². The van der Waals surface area contributed by atoms with Gasteiger partial charge in [-0.05, 0) is 17.2 Å². The van der Waals surface area contributed by atoms with Crippen molar-refractivity contribution in [2.45, 2.75) is 0 Å². The van der Waals surface area contributed by atoms with Gasteiger partial charge in [-0.2, -0.15) is 5.26 Å². The van der Waals surface area contributed by atoms with Gasteiger partial charge in [-0.25, -0.2) is 0 Å². The number of nitrogens with zero attached hydrogens (tertiary/aromatic N) is 1. The van der Waals surface area contributed by atoms with Crippen molar-refractivity contribution < 1.29 is 0 Å². The molecule has 2 aliphatic rings. The third kappa shape index (κ3) is 1.18. The van der Waals surface area contributed by atoms with E-state index in [0.29, 0.717) is 5.56 Å². The smallest absolute Gasteiger partial charge is 0.0998 e. The van der Waals surface area contributed by atoms with E-state index in [1.54, 1.807) is 6.08 Å². The molecule has 0 amide bonds. The topological polar surface area (TPSA) is 23.8 Å². The lowest BCUT2D eigenvalue weighted by molar-refractivity contribution is 1.51. The monoisotopic (exact) mass is 179 g/mol. The molecule has 0 atom stereocenters. The summed E-state index contributed by atoms with van der Waals surface area (Å²) in [6.07, 6.45) is 1.78. The predicted octanol–water partition coefficient (Wildman–Crippen LogP) is 3.31. The highest BCUT2D eigenvalue weighted by atomic mass is 14.3. The van der Waals surface area contributed by atoms with E-state index in [4.69, 9.17) is 5.26 Å². The predicted molar refractivity (Wildman–Crippen MR) is 57.9 cm³/mol. The normalized spacial score (nSPS) is 9.64. The van der Waals surface area contributed by atoms with Gasteiger partial charge in [-0.3, -0.25) is 0 Å². The van der Waals surface area contributed by atoms with E-state index in [1.807, 2.05) is 36.4 Å². The van der Waals surface area contributed by atoms with E-state index in [-0.39, 0.29) is 0 Å². The first-order chi connectivity index (χ1) is 6.86. The second kappa shape index (κ2) is 3.35. The van der Waals surface area contributed by atoms with Gasteiger partial charge in [0.15, 0.2) is 0 Å².